The van der Waals surface area contributed by atoms with E-state index in [4.69, 9.17) is 0 Å². The number of rotatable bonds is 4. The fourth-order valence-electron chi connectivity index (χ4n) is 1.87. The van der Waals surface area contributed by atoms with Gasteiger partial charge in [0.2, 0.25) is 0 Å². The first-order valence-electron chi connectivity index (χ1n) is 6.86. The molecule has 0 aliphatic carbocycles. The Balaban J connectivity index is 3.72. The molecule has 0 heterocycles. The van der Waals surface area contributed by atoms with Crippen molar-refractivity contribution in [3.63, 3.8) is 0 Å². The van der Waals surface area contributed by atoms with E-state index in [-0.39, 0.29) is 5.22 Å². The highest BCUT2D eigenvalue weighted by Gasteiger charge is 2.13. The minimum atomic E-state index is -0.842. The first-order chi connectivity index (χ1) is 9.33. The lowest BCUT2D eigenvalue weighted by Gasteiger charge is -2.08. The molecule has 0 spiro atoms. The summed E-state index contributed by atoms with van der Waals surface area (Å²) in [5.74, 6) is -1.65. The van der Waals surface area contributed by atoms with Gasteiger partial charge in [-0.3, -0.25) is 0 Å². The van der Waals surface area contributed by atoms with Crippen LogP contribution in [0.1, 0.15) is 44.7 Å². The van der Waals surface area contributed by atoms with Gasteiger partial charge in [-0.05, 0) is 43.5 Å². The van der Waals surface area contributed by atoms with Crippen LogP contribution in [-0.2, 0) is 0 Å². The Bertz CT molecular complexity index is 664. The average molecular weight is 276 g/mol. The zero-order valence-corrected chi connectivity index (χ0v) is 12.7. The Morgan fingerprint density at radius 2 is 1.75 bits per heavy atom. The molecule has 0 amide bonds. The lowest BCUT2D eigenvalue weighted by atomic mass is 9.99. The number of hydrogen-bond acceptors (Lipinski definition) is 0. The molecule has 1 aromatic rings. The molecule has 0 N–H and O–H groups in total. The van der Waals surface area contributed by atoms with E-state index in [0.717, 1.165) is 17.6 Å². The quantitative estimate of drug-likeness (QED) is 0.771. The minimum absolute atomic E-state index is 0.207. The Labute approximate surface area is 119 Å². The van der Waals surface area contributed by atoms with Crippen LogP contribution in [0.2, 0.25) is 0 Å². The molecule has 0 radical (unpaired) electrons. The first kappa shape index (κ1) is 16.4. The summed E-state index contributed by atoms with van der Waals surface area (Å²) in [6, 6.07) is 0. The van der Waals surface area contributed by atoms with Crippen LogP contribution in [-0.4, -0.2) is 0 Å². The molecule has 0 saturated carbocycles. The first-order valence-corrected chi connectivity index (χ1v) is 6.86. The van der Waals surface area contributed by atoms with Crippen LogP contribution in [0.5, 0.6) is 0 Å². The van der Waals surface area contributed by atoms with E-state index in [1.165, 1.54) is 0 Å². The molecule has 1 aromatic carbocycles. The maximum Gasteiger partial charge on any atom is 0.167 e. The van der Waals surface area contributed by atoms with E-state index in [9.17, 15) is 8.78 Å². The molecule has 20 heavy (non-hydrogen) atoms. The van der Waals surface area contributed by atoms with E-state index < -0.39 is 11.6 Å². The van der Waals surface area contributed by atoms with Gasteiger partial charge in [0.25, 0.3) is 0 Å². The molecule has 108 valence electrons. The van der Waals surface area contributed by atoms with Gasteiger partial charge in [0.05, 0.1) is 0 Å². The summed E-state index contributed by atoms with van der Waals surface area (Å²) < 4.78 is 28.5. The lowest BCUT2D eigenvalue weighted by Crippen LogP contribution is -2.32. The van der Waals surface area contributed by atoms with Crippen LogP contribution >= 0.6 is 0 Å². The van der Waals surface area contributed by atoms with Crippen LogP contribution in [0.3, 0.4) is 0 Å². The molecule has 0 unspecified atom stereocenters. The zero-order valence-electron chi connectivity index (χ0n) is 12.7. The van der Waals surface area contributed by atoms with Crippen LogP contribution in [0.25, 0.3) is 18.7 Å². The van der Waals surface area contributed by atoms with Gasteiger partial charge >= 0.3 is 0 Å². The molecule has 1 rings (SSSR count). The molecular weight excluding hydrogens is 254 g/mol. The Hall–Kier alpha value is -1.70. The van der Waals surface area contributed by atoms with Crippen molar-refractivity contribution in [3.8, 4) is 0 Å². The fourth-order valence-corrected chi connectivity index (χ4v) is 1.87. The van der Waals surface area contributed by atoms with Gasteiger partial charge in [-0.2, -0.15) is 0 Å². The highest BCUT2D eigenvalue weighted by molar-refractivity contribution is 5.59. The second-order valence-corrected chi connectivity index (χ2v) is 5.06. The van der Waals surface area contributed by atoms with E-state index in [2.05, 4.69) is 13.2 Å². The molecule has 0 bridgehead atoms. The van der Waals surface area contributed by atoms with Crippen LogP contribution in [0.15, 0.2) is 17.7 Å². The summed E-state index contributed by atoms with van der Waals surface area (Å²) in [7, 11) is 0. The van der Waals surface area contributed by atoms with Gasteiger partial charge in [0.1, 0.15) is 0 Å². The molecule has 0 aliphatic heterocycles. The van der Waals surface area contributed by atoms with Gasteiger partial charge in [0, 0.05) is 10.8 Å². The van der Waals surface area contributed by atoms with Crippen LogP contribution < -0.4 is 10.4 Å². The van der Waals surface area contributed by atoms with Crippen molar-refractivity contribution in [3.05, 3.63) is 50.9 Å². The van der Waals surface area contributed by atoms with Crippen LogP contribution in [0.4, 0.5) is 8.78 Å². The Kier molecular flexibility index (Phi) is 5.43. The molecule has 0 saturated heterocycles. The van der Waals surface area contributed by atoms with Crippen molar-refractivity contribution in [2.45, 2.75) is 40.5 Å². The van der Waals surface area contributed by atoms with Gasteiger partial charge in [-0.1, -0.05) is 44.2 Å². The molecule has 0 aliphatic rings. The predicted octanol–water partition coefficient (Wildman–Crippen LogP) is 4.24. The summed E-state index contributed by atoms with van der Waals surface area (Å²) >= 11 is 0. The van der Waals surface area contributed by atoms with Crippen molar-refractivity contribution in [2.75, 3.05) is 0 Å². The van der Waals surface area contributed by atoms with Crippen molar-refractivity contribution >= 4 is 18.7 Å². The summed E-state index contributed by atoms with van der Waals surface area (Å²) in [4.78, 5) is 0. The number of allylic oxidation sites excluding steroid dienone is 2. The highest BCUT2D eigenvalue weighted by Crippen LogP contribution is 2.16. The Morgan fingerprint density at radius 3 is 2.25 bits per heavy atom. The third kappa shape index (κ3) is 3.24. The third-order valence-electron chi connectivity index (χ3n) is 3.60. The van der Waals surface area contributed by atoms with E-state index in [0.29, 0.717) is 22.8 Å². The van der Waals surface area contributed by atoms with E-state index in [1.54, 1.807) is 19.1 Å². The summed E-state index contributed by atoms with van der Waals surface area (Å²) in [6.45, 7) is 15.3. The minimum Gasteiger partial charge on any atom is -0.203 e. The molecule has 0 nitrogen and oxygen atoms in total. The summed E-state index contributed by atoms with van der Waals surface area (Å²) in [6.07, 6.45) is 4.76. The van der Waals surface area contributed by atoms with Gasteiger partial charge in [-0.25, -0.2) is 8.78 Å². The second kappa shape index (κ2) is 6.65. The maximum absolute atomic E-state index is 14.3. The normalized spacial score (nSPS) is 12.9. The SMILES string of the molecule is C=C(/C=c1/c(F)c(F)c(/C=C(\C)CC)c(C)c1=C)CC. The number of benzene rings is 1. The smallest absolute Gasteiger partial charge is 0.167 e. The average Bonchev–Trinajstić information content (AvgIpc) is 2.45. The largest absolute Gasteiger partial charge is 0.203 e. The summed E-state index contributed by atoms with van der Waals surface area (Å²) in [5.41, 5.74) is 2.72. The second-order valence-electron chi connectivity index (χ2n) is 5.06. The standard InChI is InChI=1S/C18H22F2/c1-7-11(3)9-15-13(5)14(6)16(10-12(4)8-2)18(20)17(15)19/h9-10H,3,5,7-8H2,1-2,4,6H3/b12-10+,15-9+. The van der Waals surface area contributed by atoms with Crippen LogP contribution in [0, 0.1) is 18.6 Å². The highest BCUT2D eigenvalue weighted by atomic mass is 19.2. The molecule has 0 fully saturated rings. The number of halogens is 2. The maximum atomic E-state index is 14.3. The summed E-state index contributed by atoms with van der Waals surface area (Å²) in [5, 5.41) is 0.729. The van der Waals surface area contributed by atoms with Gasteiger partial charge < -0.3 is 0 Å². The molecular formula is C18H22F2. The Morgan fingerprint density at radius 1 is 1.15 bits per heavy atom. The van der Waals surface area contributed by atoms with E-state index >= 15 is 0 Å². The molecule has 0 atom stereocenters. The van der Waals surface area contributed by atoms with Crippen molar-refractivity contribution in [1.82, 2.24) is 0 Å². The predicted molar refractivity (Wildman–Crippen MR) is 83.7 cm³/mol. The fraction of sp³-hybridized carbons (Fsp3) is 0.333. The van der Waals surface area contributed by atoms with Gasteiger partial charge in [0.15, 0.2) is 11.6 Å². The van der Waals surface area contributed by atoms with Crippen molar-refractivity contribution in [2.24, 2.45) is 0 Å². The third-order valence-corrected chi connectivity index (χ3v) is 3.60. The van der Waals surface area contributed by atoms with E-state index in [1.807, 2.05) is 20.8 Å². The topological polar surface area (TPSA) is 0 Å². The van der Waals surface area contributed by atoms with Gasteiger partial charge in [-0.15, -0.1) is 0 Å². The zero-order chi connectivity index (χ0) is 15.4. The van der Waals surface area contributed by atoms with Crippen molar-refractivity contribution in [1.29, 1.82) is 0 Å². The molecule has 0 aromatic heterocycles. The van der Waals surface area contributed by atoms with Crippen molar-refractivity contribution < 1.29 is 8.78 Å². The monoisotopic (exact) mass is 276 g/mol. The number of hydrogen-bond donors (Lipinski definition) is 0. The lowest BCUT2D eigenvalue weighted by molar-refractivity contribution is 0.499. The molecule has 2 heteroatoms.